The molecule has 6 rings (SSSR count). The van der Waals surface area contributed by atoms with E-state index in [1.54, 1.807) is 6.92 Å². The van der Waals surface area contributed by atoms with Crippen LogP contribution in [-0.2, 0) is 23.9 Å². The molecule has 34 heavy (non-hydrogen) atoms. The normalized spacial score (nSPS) is 43.0. The Labute approximate surface area is 202 Å². The van der Waals surface area contributed by atoms with E-state index in [9.17, 15) is 19.5 Å². The molecule has 7 heteroatoms. The van der Waals surface area contributed by atoms with Gasteiger partial charge in [-0.15, -0.1) is 0 Å². The van der Waals surface area contributed by atoms with E-state index in [2.05, 4.69) is 13.8 Å². The zero-order valence-corrected chi connectivity index (χ0v) is 21.5. The summed E-state index contributed by atoms with van der Waals surface area (Å²) in [6.45, 7) is 12.0. The Hall–Kier alpha value is -1.89. The second-order valence-corrected chi connectivity index (χ2v) is 13.7. The van der Waals surface area contributed by atoms with Gasteiger partial charge in [-0.2, -0.15) is 0 Å². The number of esters is 1. The van der Waals surface area contributed by atoms with Crippen LogP contribution in [0.2, 0.25) is 0 Å². The predicted octanol–water partition coefficient (Wildman–Crippen LogP) is 4.30. The number of aliphatic hydroxyl groups excluding tert-OH is 1. The van der Waals surface area contributed by atoms with Gasteiger partial charge in [-0.1, -0.05) is 34.6 Å². The molecule has 2 aliphatic heterocycles. The van der Waals surface area contributed by atoms with Crippen molar-refractivity contribution in [2.45, 2.75) is 98.3 Å². The van der Waals surface area contributed by atoms with Gasteiger partial charge in [-0.3, -0.25) is 14.5 Å². The van der Waals surface area contributed by atoms with Crippen molar-refractivity contribution in [1.82, 2.24) is 4.90 Å². The summed E-state index contributed by atoms with van der Waals surface area (Å²) in [6, 6.07) is 0. The van der Waals surface area contributed by atoms with E-state index in [-0.39, 0.29) is 47.2 Å². The molecule has 0 aromatic rings. The van der Waals surface area contributed by atoms with Crippen molar-refractivity contribution in [1.29, 1.82) is 0 Å². The van der Waals surface area contributed by atoms with E-state index in [0.29, 0.717) is 5.92 Å². The zero-order chi connectivity index (χ0) is 24.9. The van der Waals surface area contributed by atoms with Crippen LogP contribution in [0, 0.1) is 27.6 Å². The molecular formula is C27H39NO6. The molecule has 6 aliphatic rings. The number of amides is 1. The van der Waals surface area contributed by atoms with Crippen molar-refractivity contribution in [3.8, 4) is 0 Å². The molecule has 0 spiro atoms. The summed E-state index contributed by atoms with van der Waals surface area (Å²) in [5.74, 6) is -1.58. The Balaban J connectivity index is 1.51. The Morgan fingerprint density at radius 3 is 2.26 bits per heavy atom. The van der Waals surface area contributed by atoms with Gasteiger partial charge >= 0.3 is 5.97 Å². The summed E-state index contributed by atoms with van der Waals surface area (Å²) in [5, 5.41) is 11.4. The van der Waals surface area contributed by atoms with Gasteiger partial charge in [0, 0.05) is 11.8 Å². The second-order valence-electron chi connectivity index (χ2n) is 13.7. The van der Waals surface area contributed by atoms with Crippen LogP contribution in [0.4, 0.5) is 0 Å². The molecule has 188 valence electrons. The van der Waals surface area contributed by atoms with E-state index in [1.807, 2.05) is 20.8 Å². The summed E-state index contributed by atoms with van der Waals surface area (Å²) in [6.07, 6.45) is 6.10. The molecule has 1 N–H and O–H groups in total. The highest BCUT2D eigenvalue weighted by Crippen LogP contribution is 2.70. The van der Waals surface area contributed by atoms with Gasteiger partial charge < -0.3 is 14.6 Å². The minimum absolute atomic E-state index is 0.0982. The highest BCUT2D eigenvalue weighted by molar-refractivity contribution is 6.24. The standard InChI is InChI=1S/C27H39NO6/c1-7-33-22(32)27-15-34-21(23(2,3)4)28(27)20(31)18(19(27)30)17(29)11-26-10-16-8-24(5,13-26)12-25(6,9-16)14-26/h16,21,30H,7-15H2,1-6H3/t16?,21-,24-,25+,26?,27-/m1/s1. The molecule has 0 radical (unpaired) electrons. The molecule has 1 amide bonds. The van der Waals surface area contributed by atoms with Crippen LogP contribution in [-0.4, -0.2) is 52.6 Å². The molecule has 1 saturated heterocycles. The molecule has 0 aromatic carbocycles. The maximum absolute atomic E-state index is 13.8. The smallest absolute Gasteiger partial charge is 0.342 e. The summed E-state index contributed by atoms with van der Waals surface area (Å²) < 4.78 is 11.2. The number of carbonyl (C=O) groups excluding carboxylic acids is 3. The van der Waals surface area contributed by atoms with E-state index in [1.165, 1.54) is 24.2 Å². The number of rotatable bonds is 5. The predicted molar refractivity (Wildman–Crippen MR) is 125 cm³/mol. The number of fused-ring (bicyclic) bond motifs is 1. The third-order valence-electron chi connectivity index (χ3n) is 9.07. The molecule has 5 fully saturated rings. The van der Waals surface area contributed by atoms with Gasteiger partial charge in [0.25, 0.3) is 5.91 Å². The third-order valence-corrected chi connectivity index (χ3v) is 9.07. The second kappa shape index (κ2) is 7.08. The molecule has 4 aliphatic carbocycles. The van der Waals surface area contributed by atoms with Gasteiger partial charge in [0.2, 0.25) is 5.54 Å². The number of nitrogens with zero attached hydrogens (tertiary/aromatic N) is 1. The van der Waals surface area contributed by atoms with Crippen molar-refractivity contribution in [2.24, 2.45) is 27.6 Å². The topological polar surface area (TPSA) is 93.1 Å². The SMILES string of the molecule is CCOC(=O)[C@]12CO[C@H](C(C)(C)C)N1C(=O)C(C(=O)CC13CC4C[C@@](C)(C1)C[C@](C)(C4)C3)=C2O. The molecule has 6 atom stereocenters. The first kappa shape index (κ1) is 23.8. The average Bonchev–Trinajstić information content (AvgIpc) is 3.15. The van der Waals surface area contributed by atoms with E-state index < -0.39 is 34.8 Å². The molecule has 4 saturated carbocycles. The van der Waals surface area contributed by atoms with Gasteiger partial charge in [0.15, 0.2) is 5.78 Å². The summed E-state index contributed by atoms with van der Waals surface area (Å²) in [7, 11) is 0. The molecule has 4 bridgehead atoms. The number of ketones is 1. The Morgan fingerprint density at radius 2 is 1.74 bits per heavy atom. The molecule has 2 heterocycles. The Kier molecular flexibility index (Phi) is 4.96. The van der Waals surface area contributed by atoms with Crippen LogP contribution in [0.1, 0.15) is 86.5 Å². The molecule has 2 unspecified atom stereocenters. The first-order valence-electron chi connectivity index (χ1n) is 12.8. The van der Waals surface area contributed by atoms with Crippen molar-refractivity contribution in [3.63, 3.8) is 0 Å². The molecule has 7 nitrogen and oxygen atoms in total. The van der Waals surface area contributed by atoms with Gasteiger partial charge in [-0.25, -0.2) is 4.79 Å². The van der Waals surface area contributed by atoms with Crippen molar-refractivity contribution in [2.75, 3.05) is 13.2 Å². The third kappa shape index (κ3) is 3.21. The first-order chi connectivity index (χ1) is 15.7. The van der Waals surface area contributed by atoms with E-state index >= 15 is 0 Å². The van der Waals surface area contributed by atoms with Crippen LogP contribution < -0.4 is 0 Å². The first-order valence-corrected chi connectivity index (χ1v) is 12.8. The Bertz CT molecular complexity index is 974. The summed E-state index contributed by atoms with van der Waals surface area (Å²) in [5.41, 5.74) is -2.21. The van der Waals surface area contributed by atoms with Crippen LogP contribution in [0.25, 0.3) is 0 Å². The lowest BCUT2D eigenvalue weighted by Gasteiger charge is -2.65. The fourth-order valence-corrected chi connectivity index (χ4v) is 9.14. The zero-order valence-electron chi connectivity index (χ0n) is 21.5. The lowest BCUT2D eigenvalue weighted by molar-refractivity contribution is -0.161. The maximum atomic E-state index is 13.8. The molecular weight excluding hydrogens is 434 g/mol. The number of hydrogen-bond donors (Lipinski definition) is 1. The van der Waals surface area contributed by atoms with Crippen LogP contribution in [0.5, 0.6) is 0 Å². The van der Waals surface area contributed by atoms with Gasteiger partial charge in [-0.05, 0) is 67.6 Å². The van der Waals surface area contributed by atoms with Crippen LogP contribution in [0.15, 0.2) is 11.3 Å². The quantitative estimate of drug-likeness (QED) is 0.473. The number of aliphatic hydroxyl groups is 1. The van der Waals surface area contributed by atoms with Gasteiger partial charge in [0.1, 0.15) is 17.6 Å². The van der Waals surface area contributed by atoms with Crippen molar-refractivity contribution >= 4 is 17.7 Å². The van der Waals surface area contributed by atoms with Crippen molar-refractivity contribution in [3.05, 3.63) is 11.3 Å². The number of Topliss-reactive ketones (excluding diaryl/α,β-unsaturated/α-hetero) is 1. The van der Waals surface area contributed by atoms with Crippen LogP contribution >= 0.6 is 0 Å². The van der Waals surface area contributed by atoms with Crippen molar-refractivity contribution < 1.29 is 29.0 Å². The molecule has 0 aromatic heterocycles. The van der Waals surface area contributed by atoms with Gasteiger partial charge in [0.05, 0.1) is 13.2 Å². The fourth-order valence-electron chi connectivity index (χ4n) is 9.14. The lowest BCUT2D eigenvalue weighted by Crippen LogP contribution is -2.57. The largest absolute Gasteiger partial charge is 0.508 e. The minimum Gasteiger partial charge on any atom is -0.508 e. The monoisotopic (exact) mass is 473 g/mol. The van der Waals surface area contributed by atoms with E-state index in [4.69, 9.17) is 9.47 Å². The summed E-state index contributed by atoms with van der Waals surface area (Å²) in [4.78, 5) is 41.9. The van der Waals surface area contributed by atoms with Crippen LogP contribution in [0.3, 0.4) is 0 Å². The fraction of sp³-hybridized carbons (Fsp3) is 0.815. The average molecular weight is 474 g/mol. The minimum atomic E-state index is -1.78. The maximum Gasteiger partial charge on any atom is 0.342 e. The summed E-state index contributed by atoms with van der Waals surface area (Å²) >= 11 is 0. The highest BCUT2D eigenvalue weighted by atomic mass is 16.6. The number of carbonyl (C=O) groups is 3. The number of ether oxygens (including phenoxy) is 2. The highest BCUT2D eigenvalue weighted by Gasteiger charge is 2.68. The Morgan fingerprint density at radius 1 is 1.12 bits per heavy atom. The van der Waals surface area contributed by atoms with E-state index in [0.717, 1.165) is 19.3 Å². The number of hydrogen-bond acceptors (Lipinski definition) is 6. The lowest BCUT2D eigenvalue weighted by atomic mass is 9.39.